The average Bonchev–Trinajstić information content (AvgIpc) is 3.35. The highest BCUT2D eigenvalue weighted by atomic mass is 79.9. The van der Waals surface area contributed by atoms with Crippen molar-refractivity contribution in [1.29, 1.82) is 0 Å². The molecule has 40 heavy (non-hydrogen) atoms. The number of hydrogen-bond acceptors (Lipinski definition) is 10. The van der Waals surface area contributed by atoms with E-state index < -0.39 is 0 Å². The van der Waals surface area contributed by atoms with E-state index >= 15 is 0 Å². The van der Waals surface area contributed by atoms with E-state index in [0.29, 0.717) is 43.0 Å². The van der Waals surface area contributed by atoms with Gasteiger partial charge in [-0.1, -0.05) is 28.1 Å². The molecular formula is C26H25Br3N4O5S2. The summed E-state index contributed by atoms with van der Waals surface area (Å²) in [6, 6.07) is 3.71. The number of Topliss-reactive ketones (excluding diaryl/α,β-unsaturated/α-hetero) is 3. The van der Waals surface area contributed by atoms with Gasteiger partial charge in [-0.2, -0.15) is 0 Å². The van der Waals surface area contributed by atoms with Crippen LogP contribution in [0.25, 0.3) is 10.6 Å². The molecule has 3 aromatic rings. The standard InChI is InChI=1S/C13H11BrN2O2S.C7H7BrN2OS.C6H7BrO2/c1-18-12-9(4-7(14)6-15-12)13-16-10-5-8(17)2-3-11(10)19-13;1-11-7-5(6(9)12)2-4(8)3-10-7;7-5-2-1-4(8)3-6(5)9/h4,6H,2-3,5H2,1H3;2-3H,1H3,(H2,9,12);5H,1-3H2. The van der Waals surface area contributed by atoms with Crippen LogP contribution in [0.2, 0.25) is 0 Å². The highest BCUT2D eigenvalue weighted by Crippen LogP contribution is 2.36. The lowest BCUT2D eigenvalue weighted by molar-refractivity contribution is -0.129. The Hall–Kier alpha value is -2.13. The van der Waals surface area contributed by atoms with Crippen molar-refractivity contribution in [3.05, 3.63) is 49.6 Å². The summed E-state index contributed by atoms with van der Waals surface area (Å²) in [7, 11) is 3.12. The minimum absolute atomic E-state index is 0.0336. The maximum absolute atomic E-state index is 11.5. The smallest absolute Gasteiger partial charge is 0.223 e. The SMILES string of the molecule is COc1ncc(Br)cc1-c1nc2c(s1)CCC(=O)C2.COc1ncc(Br)cc1C(N)=S.O=C1CCC(Br)C(=O)C1. The van der Waals surface area contributed by atoms with Gasteiger partial charge in [-0.15, -0.1) is 11.3 Å². The number of aromatic nitrogens is 3. The van der Waals surface area contributed by atoms with Crippen LogP contribution in [-0.4, -0.2) is 56.3 Å². The summed E-state index contributed by atoms with van der Waals surface area (Å²) in [4.78, 5) is 47.0. The lowest BCUT2D eigenvalue weighted by Gasteiger charge is -2.12. The minimum atomic E-state index is -0.0600. The quantitative estimate of drug-likeness (QED) is 0.203. The van der Waals surface area contributed by atoms with E-state index in [4.69, 9.17) is 27.4 Å². The van der Waals surface area contributed by atoms with Crippen LogP contribution in [0, 0.1) is 0 Å². The summed E-state index contributed by atoms with van der Waals surface area (Å²) in [6.07, 6.45) is 6.57. The second kappa shape index (κ2) is 15.2. The number of fused-ring (bicyclic) bond motifs is 1. The molecule has 5 rings (SSSR count). The largest absolute Gasteiger partial charge is 0.480 e. The molecule has 0 aromatic carbocycles. The van der Waals surface area contributed by atoms with Crippen molar-refractivity contribution >= 4 is 93.7 Å². The van der Waals surface area contributed by atoms with Gasteiger partial charge in [0.15, 0.2) is 5.78 Å². The van der Waals surface area contributed by atoms with Crippen LogP contribution in [-0.2, 0) is 27.2 Å². The Bertz CT molecular complexity index is 1430. The third-order valence-corrected chi connectivity index (χ3v) is 8.94. The summed E-state index contributed by atoms with van der Waals surface area (Å²) in [5.74, 6) is 1.39. The van der Waals surface area contributed by atoms with Crippen LogP contribution in [0.3, 0.4) is 0 Å². The van der Waals surface area contributed by atoms with Gasteiger partial charge in [0, 0.05) is 45.5 Å². The van der Waals surface area contributed by atoms with E-state index in [1.807, 2.05) is 6.07 Å². The van der Waals surface area contributed by atoms with Gasteiger partial charge in [-0.05, 0) is 56.8 Å². The van der Waals surface area contributed by atoms with E-state index in [2.05, 4.69) is 62.7 Å². The molecule has 1 atom stereocenters. The molecule has 2 aliphatic rings. The van der Waals surface area contributed by atoms with Gasteiger partial charge in [0.2, 0.25) is 11.8 Å². The van der Waals surface area contributed by atoms with Crippen LogP contribution in [0.1, 0.15) is 41.8 Å². The summed E-state index contributed by atoms with van der Waals surface area (Å²) in [5, 5.41) is 0.866. The zero-order chi connectivity index (χ0) is 29.4. The molecule has 0 radical (unpaired) electrons. The molecule has 0 saturated heterocycles. The Morgan fingerprint density at radius 3 is 2.20 bits per heavy atom. The first-order valence-corrected chi connectivity index (χ1v) is 15.6. The maximum Gasteiger partial charge on any atom is 0.223 e. The van der Waals surface area contributed by atoms with E-state index in [1.54, 1.807) is 36.9 Å². The van der Waals surface area contributed by atoms with Crippen LogP contribution in [0.4, 0.5) is 0 Å². The number of nitrogens with two attached hydrogens (primary N) is 1. The molecular weight excluding hydrogens is 752 g/mol. The second-order valence-corrected chi connectivity index (χ2v) is 13.0. The zero-order valence-electron chi connectivity index (χ0n) is 21.5. The van der Waals surface area contributed by atoms with Gasteiger partial charge in [0.05, 0.1) is 42.3 Å². The fraction of sp³-hybridized carbons (Fsp3) is 0.346. The number of aryl methyl sites for hydroxylation is 1. The molecule has 2 N–H and O–H groups in total. The van der Waals surface area contributed by atoms with Crippen LogP contribution in [0.15, 0.2) is 33.5 Å². The number of thiazole rings is 1. The first-order valence-electron chi connectivity index (χ1n) is 11.9. The van der Waals surface area contributed by atoms with E-state index in [1.165, 1.54) is 12.0 Å². The predicted molar refractivity (Wildman–Crippen MR) is 168 cm³/mol. The van der Waals surface area contributed by atoms with E-state index in [0.717, 1.165) is 31.6 Å². The Morgan fingerprint density at radius 1 is 0.975 bits per heavy atom. The summed E-state index contributed by atoms with van der Waals surface area (Å²) in [5.41, 5.74) is 7.87. The van der Waals surface area contributed by atoms with Crippen molar-refractivity contribution in [3.8, 4) is 22.3 Å². The molecule has 1 saturated carbocycles. The minimum Gasteiger partial charge on any atom is -0.480 e. The van der Waals surface area contributed by atoms with Gasteiger partial charge >= 0.3 is 0 Å². The first kappa shape index (κ1) is 32.4. The molecule has 1 unspecified atom stereocenters. The number of ketones is 3. The number of ether oxygens (including phenoxy) is 2. The Kier molecular flexibility index (Phi) is 12.3. The first-order chi connectivity index (χ1) is 19.0. The van der Waals surface area contributed by atoms with Crippen LogP contribution in [0.5, 0.6) is 11.8 Å². The normalized spacial score (nSPS) is 16.1. The number of carbonyl (C=O) groups excluding carboxylic acids is 3. The average molecular weight is 777 g/mol. The Labute approximate surface area is 266 Å². The van der Waals surface area contributed by atoms with E-state index in [-0.39, 0.29) is 33.6 Å². The van der Waals surface area contributed by atoms with Gasteiger partial charge in [-0.25, -0.2) is 15.0 Å². The number of rotatable bonds is 4. The number of thiocarbonyl (C=S) groups is 1. The molecule has 3 heterocycles. The van der Waals surface area contributed by atoms with Crippen molar-refractivity contribution < 1.29 is 23.9 Å². The van der Waals surface area contributed by atoms with Gasteiger partial charge in [-0.3, -0.25) is 14.4 Å². The molecule has 9 nitrogen and oxygen atoms in total. The molecule has 1 fully saturated rings. The second-order valence-electron chi connectivity index (χ2n) is 8.58. The third kappa shape index (κ3) is 8.93. The highest BCUT2D eigenvalue weighted by molar-refractivity contribution is 9.10. The van der Waals surface area contributed by atoms with Crippen molar-refractivity contribution in [1.82, 2.24) is 15.0 Å². The molecule has 3 aromatic heterocycles. The molecule has 0 amide bonds. The topological polar surface area (TPSA) is 134 Å². The Balaban J connectivity index is 0.000000180. The Morgan fingerprint density at radius 2 is 1.60 bits per heavy atom. The maximum atomic E-state index is 11.5. The number of pyridine rings is 2. The predicted octanol–water partition coefficient (Wildman–Crippen LogP) is 5.59. The fourth-order valence-electron chi connectivity index (χ4n) is 3.71. The summed E-state index contributed by atoms with van der Waals surface area (Å²) < 4.78 is 11.9. The lowest BCUT2D eigenvalue weighted by Crippen LogP contribution is -2.24. The monoisotopic (exact) mass is 774 g/mol. The molecule has 2 aliphatic carbocycles. The van der Waals surface area contributed by atoms with Crippen LogP contribution < -0.4 is 15.2 Å². The fourth-order valence-corrected chi connectivity index (χ4v) is 6.00. The number of nitrogens with zero attached hydrogens (tertiary/aromatic N) is 3. The number of hydrogen-bond donors (Lipinski definition) is 1. The zero-order valence-corrected chi connectivity index (χ0v) is 27.9. The molecule has 0 aliphatic heterocycles. The molecule has 0 bridgehead atoms. The van der Waals surface area contributed by atoms with Crippen molar-refractivity contribution in [2.75, 3.05) is 14.2 Å². The summed E-state index contributed by atoms with van der Waals surface area (Å²) in [6.45, 7) is 0. The highest BCUT2D eigenvalue weighted by Gasteiger charge is 2.24. The van der Waals surface area contributed by atoms with Crippen molar-refractivity contribution in [3.63, 3.8) is 0 Å². The molecule has 212 valence electrons. The number of carbonyl (C=O) groups is 3. The number of halogens is 3. The van der Waals surface area contributed by atoms with Crippen LogP contribution >= 0.6 is 71.3 Å². The van der Waals surface area contributed by atoms with Gasteiger partial charge in [0.1, 0.15) is 21.6 Å². The number of methoxy groups -OCH3 is 2. The van der Waals surface area contributed by atoms with Gasteiger partial charge < -0.3 is 15.2 Å². The number of alkyl halides is 1. The van der Waals surface area contributed by atoms with Gasteiger partial charge in [0.25, 0.3) is 0 Å². The van der Waals surface area contributed by atoms with Crippen molar-refractivity contribution in [2.24, 2.45) is 5.73 Å². The van der Waals surface area contributed by atoms with Crippen molar-refractivity contribution in [2.45, 2.75) is 43.4 Å². The summed E-state index contributed by atoms with van der Waals surface area (Å²) >= 11 is 16.3. The molecule has 14 heteroatoms. The molecule has 0 spiro atoms. The third-order valence-electron chi connectivity index (χ3n) is 5.69. The lowest BCUT2D eigenvalue weighted by atomic mass is 9.98. The van der Waals surface area contributed by atoms with E-state index in [9.17, 15) is 14.4 Å².